The summed E-state index contributed by atoms with van der Waals surface area (Å²) in [4.78, 5) is 25.1. The number of halogens is 3. The zero-order chi connectivity index (χ0) is 24.4. The average molecular weight is 481 g/mol. The largest absolute Gasteiger partial charge is 0.573 e. The van der Waals surface area contributed by atoms with Crippen molar-refractivity contribution in [3.8, 4) is 17.5 Å². The van der Waals surface area contributed by atoms with Crippen LogP contribution in [0.5, 0.6) is 5.75 Å². The molecular weight excluding hydrogens is 467 g/mol. The summed E-state index contributed by atoms with van der Waals surface area (Å²) in [6, 6.07) is 9.97. The lowest BCUT2D eigenvalue weighted by Crippen LogP contribution is -2.25. The predicted octanol–water partition coefficient (Wildman–Crippen LogP) is 2.76. The van der Waals surface area contributed by atoms with Crippen molar-refractivity contribution < 1.29 is 35.9 Å². The molecule has 0 fully saturated rings. The lowest BCUT2D eigenvalue weighted by Gasteiger charge is -2.14. The van der Waals surface area contributed by atoms with Crippen molar-refractivity contribution in [2.75, 3.05) is 12.9 Å². The molecule has 1 heterocycles. The van der Waals surface area contributed by atoms with Gasteiger partial charge in [-0.1, -0.05) is 6.07 Å². The van der Waals surface area contributed by atoms with E-state index in [0.29, 0.717) is 0 Å². The van der Waals surface area contributed by atoms with Crippen molar-refractivity contribution >= 4 is 26.7 Å². The maximum Gasteiger partial charge on any atom is 0.573 e. The van der Waals surface area contributed by atoms with Crippen LogP contribution in [0.4, 0.5) is 13.2 Å². The van der Waals surface area contributed by atoms with Crippen LogP contribution in [-0.4, -0.2) is 43.4 Å². The van der Waals surface area contributed by atoms with E-state index in [9.17, 15) is 31.2 Å². The third kappa shape index (κ3) is 5.29. The van der Waals surface area contributed by atoms with Gasteiger partial charge in [0.1, 0.15) is 12.4 Å². The lowest BCUT2D eigenvalue weighted by atomic mass is 10.2. The Kier molecular flexibility index (Phi) is 6.41. The zero-order valence-corrected chi connectivity index (χ0v) is 17.6. The fourth-order valence-corrected chi connectivity index (χ4v) is 3.82. The molecule has 3 rings (SSSR count). The van der Waals surface area contributed by atoms with Crippen LogP contribution in [0, 0.1) is 11.3 Å². The molecule has 0 aliphatic carbocycles. The van der Waals surface area contributed by atoms with Gasteiger partial charge in [-0.25, -0.2) is 17.9 Å². The SMILES string of the molecule is CS(=O)(=O)c1cccc2c1c(=O)c(C(=O)OCCC#N)nn2-c1ccc(OC(F)(F)F)cc1. The van der Waals surface area contributed by atoms with Crippen LogP contribution in [-0.2, 0) is 14.6 Å². The highest BCUT2D eigenvalue weighted by Crippen LogP contribution is 2.26. The molecule has 0 atom stereocenters. The Labute approximate surface area is 184 Å². The summed E-state index contributed by atoms with van der Waals surface area (Å²) < 4.78 is 71.6. The number of benzene rings is 2. The minimum Gasteiger partial charge on any atom is -0.460 e. The summed E-state index contributed by atoms with van der Waals surface area (Å²) in [5.41, 5.74) is -1.68. The molecule has 13 heteroatoms. The molecule has 0 saturated heterocycles. The second-order valence-electron chi connectivity index (χ2n) is 6.60. The Bertz CT molecular complexity index is 1420. The molecule has 0 aliphatic heterocycles. The van der Waals surface area contributed by atoms with Crippen molar-refractivity contribution in [3.05, 3.63) is 58.4 Å². The number of nitriles is 1. The number of hydrogen-bond donors (Lipinski definition) is 0. The first-order valence-electron chi connectivity index (χ1n) is 9.09. The minimum atomic E-state index is -4.91. The van der Waals surface area contributed by atoms with Gasteiger partial charge in [0, 0.05) is 6.26 Å². The van der Waals surface area contributed by atoms with Crippen LogP contribution in [0.1, 0.15) is 16.9 Å². The third-order valence-corrected chi connectivity index (χ3v) is 5.37. The molecule has 172 valence electrons. The molecule has 1 aromatic heterocycles. The second kappa shape index (κ2) is 8.91. The van der Waals surface area contributed by atoms with Crippen molar-refractivity contribution in [1.29, 1.82) is 5.26 Å². The number of ether oxygens (including phenoxy) is 2. The molecule has 0 amide bonds. The number of hydrogen-bond acceptors (Lipinski definition) is 8. The smallest absolute Gasteiger partial charge is 0.460 e. The van der Waals surface area contributed by atoms with Gasteiger partial charge in [0.2, 0.25) is 11.1 Å². The Hall–Kier alpha value is -3.92. The average Bonchev–Trinajstić information content (AvgIpc) is 2.73. The van der Waals surface area contributed by atoms with Crippen molar-refractivity contribution in [1.82, 2.24) is 9.78 Å². The van der Waals surface area contributed by atoms with Gasteiger partial charge in [-0.15, -0.1) is 13.2 Å². The number of sulfone groups is 1. The maximum atomic E-state index is 13.0. The first-order chi connectivity index (χ1) is 15.4. The maximum absolute atomic E-state index is 13.0. The highest BCUT2D eigenvalue weighted by Gasteiger charge is 2.31. The van der Waals surface area contributed by atoms with Gasteiger partial charge in [-0.05, 0) is 36.4 Å². The Morgan fingerprint density at radius 2 is 1.85 bits per heavy atom. The van der Waals surface area contributed by atoms with Crippen LogP contribution in [0.2, 0.25) is 0 Å². The van der Waals surface area contributed by atoms with Gasteiger partial charge in [0.15, 0.2) is 9.84 Å². The molecule has 33 heavy (non-hydrogen) atoms. The van der Waals surface area contributed by atoms with Crippen LogP contribution >= 0.6 is 0 Å². The number of fused-ring (bicyclic) bond motifs is 1. The molecule has 0 radical (unpaired) electrons. The number of rotatable bonds is 6. The number of carbonyl (C=O) groups excluding carboxylic acids is 1. The zero-order valence-electron chi connectivity index (χ0n) is 16.8. The fraction of sp³-hybridized carbons (Fsp3) is 0.200. The van der Waals surface area contributed by atoms with Crippen molar-refractivity contribution in [3.63, 3.8) is 0 Å². The summed E-state index contributed by atoms with van der Waals surface area (Å²) in [6.45, 7) is -0.328. The molecule has 0 spiro atoms. The van der Waals surface area contributed by atoms with Gasteiger partial charge in [0.25, 0.3) is 0 Å². The molecule has 0 N–H and O–H groups in total. The van der Waals surface area contributed by atoms with E-state index in [1.54, 1.807) is 6.07 Å². The van der Waals surface area contributed by atoms with Crippen molar-refractivity contribution in [2.24, 2.45) is 0 Å². The number of esters is 1. The van der Waals surface area contributed by atoms with Gasteiger partial charge in [0.05, 0.1) is 34.0 Å². The molecule has 0 aliphatic rings. The van der Waals surface area contributed by atoms with E-state index in [4.69, 9.17) is 10.00 Å². The molecule has 3 aromatic rings. The lowest BCUT2D eigenvalue weighted by molar-refractivity contribution is -0.274. The highest BCUT2D eigenvalue weighted by atomic mass is 32.2. The topological polar surface area (TPSA) is 128 Å². The van der Waals surface area contributed by atoms with Gasteiger partial charge in [-0.3, -0.25) is 4.79 Å². The van der Waals surface area contributed by atoms with E-state index in [2.05, 4.69) is 9.84 Å². The van der Waals surface area contributed by atoms with Crippen molar-refractivity contribution in [2.45, 2.75) is 17.7 Å². The number of aromatic nitrogens is 2. The quantitative estimate of drug-likeness (QED) is 0.388. The van der Waals surface area contributed by atoms with E-state index in [1.807, 2.05) is 0 Å². The molecular formula is C20H14F3N3O6S. The standard InChI is InChI=1S/C20H14F3N3O6S/c1-33(29,30)15-5-2-4-14-16(15)18(27)17(19(28)31-11-3-10-24)25-26(14)12-6-8-13(9-7-12)32-20(21,22)23/h2,4-9H,3,11H2,1H3. The van der Waals surface area contributed by atoms with Crippen LogP contribution in [0.3, 0.4) is 0 Å². The molecule has 0 unspecified atom stereocenters. The van der Waals surface area contributed by atoms with E-state index in [0.717, 1.165) is 23.1 Å². The third-order valence-electron chi connectivity index (χ3n) is 4.23. The summed E-state index contributed by atoms with van der Waals surface area (Å²) >= 11 is 0. The van der Waals surface area contributed by atoms with E-state index in [-0.39, 0.29) is 34.5 Å². The van der Waals surface area contributed by atoms with Gasteiger partial charge < -0.3 is 9.47 Å². The molecule has 0 bridgehead atoms. The van der Waals surface area contributed by atoms with E-state index < -0.39 is 39.0 Å². The minimum absolute atomic E-state index is 0.0130. The first-order valence-corrected chi connectivity index (χ1v) is 11.0. The van der Waals surface area contributed by atoms with Gasteiger partial charge in [-0.2, -0.15) is 10.4 Å². The molecule has 2 aromatic carbocycles. The fourth-order valence-electron chi connectivity index (χ4n) is 2.93. The monoisotopic (exact) mass is 481 g/mol. The Morgan fingerprint density at radius 3 is 2.42 bits per heavy atom. The normalized spacial score (nSPS) is 11.7. The van der Waals surface area contributed by atoms with Gasteiger partial charge >= 0.3 is 12.3 Å². The van der Waals surface area contributed by atoms with E-state index >= 15 is 0 Å². The summed E-state index contributed by atoms with van der Waals surface area (Å²) in [7, 11) is -3.92. The number of carbonyl (C=O) groups is 1. The summed E-state index contributed by atoms with van der Waals surface area (Å²) in [5, 5.41) is 12.2. The molecule has 0 saturated carbocycles. The van der Waals surface area contributed by atoms with Crippen LogP contribution < -0.4 is 10.2 Å². The Morgan fingerprint density at radius 1 is 1.18 bits per heavy atom. The predicted molar refractivity (Wildman–Crippen MR) is 108 cm³/mol. The second-order valence-corrected chi connectivity index (χ2v) is 8.58. The summed E-state index contributed by atoms with van der Waals surface area (Å²) in [6.07, 6.45) is -4.18. The Balaban J connectivity index is 2.26. The summed E-state index contributed by atoms with van der Waals surface area (Å²) in [5.74, 6) is -1.71. The van der Waals surface area contributed by atoms with E-state index in [1.165, 1.54) is 30.3 Å². The number of alkyl halides is 3. The number of nitrogens with zero attached hydrogens (tertiary/aromatic N) is 3. The van der Waals surface area contributed by atoms with Crippen LogP contribution in [0.25, 0.3) is 16.6 Å². The molecule has 9 nitrogen and oxygen atoms in total. The highest BCUT2D eigenvalue weighted by molar-refractivity contribution is 7.91. The first kappa shape index (κ1) is 23.7. The van der Waals surface area contributed by atoms with Crippen LogP contribution in [0.15, 0.2) is 52.2 Å².